The Hall–Kier alpha value is -1.62. The molecule has 0 aliphatic heterocycles. The second-order valence-corrected chi connectivity index (χ2v) is 2.17. The summed E-state index contributed by atoms with van der Waals surface area (Å²) >= 11 is 0. The molecule has 64 valence electrons. The molecule has 0 saturated carbocycles. The van der Waals surface area contributed by atoms with E-state index in [4.69, 9.17) is 11.6 Å². The summed E-state index contributed by atoms with van der Waals surface area (Å²) in [4.78, 5) is 10.9. The Labute approximate surface area is 68.3 Å². The molecule has 1 aromatic carbocycles. The highest BCUT2D eigenvalue weighted by atomic mass is 19.1. The van der Waals surface area contributed by atoms with E-state index in [-0.39, 0.29) is 11.3 Å². The van der Waals surface area contributed by atoms with E-state index in [0.29, 0.717) is 0 Å². The molecule has 0 atom stereocenters. The van der Waals surface area contributed by atoms with Crippen LogP contribution in [0.15, 0.2) is 18.2 Å². The van der Waals surface area contributed by atoms with Gasteiger partial charge in [0.2, 0.25) is 0 Å². The number of rotatable bonds is 1. The van der Waals surface area contributed by atoms with Crippen LogP contribution in [0.25, 0.3) is 0 Å². The van der Waals surface area contributed by atoms with Gasteiger partial charge in [-0.05, 0) is 12.1 Å². The van der Waals surface area contributed by atoms with Crippen molar-refractivity contribution in [3.05, 3.63) is 29.6 Å². The summed E-state index contributed by atoms with van der Waals surface area (Å²) in [5, 5.41) is 0. The minimum absolute atomic E-state index is 0.0394. The molecule has 4 nitrogen and oxygen atoms in total. The quantitative estimate of drug-likeness (QED) is 0.240. The molecule has 1 aromatic rings. The average molecular weight is 169 g/mol. The maximum Gasteiger partial charge on any atom is 0.267 e. The van der Waals surface area contributed by atoms with Crippen molar-refractivity contribution in [2.45, 2.75) is 0 Å². The smallest absolute Gasteiger partial charge is 0.267 e. The van der Waals surface area contributed by atoms with Crippen LogP contribution in [-0.4, -0.2) is 5.91 Å². The number of benzene rings is 1. The maximum atomic E-state index is 12.7. The van der Waals surface area contributed by atoms with E-state index >= 15 is 0 Å². The zero-order valence-corrected chi connectivity index (χ0v) is 6.17. The van der Waals surface area contributed by atoms with Gasteiger partial charge in [0, 0.05) is 0 Å². The van der Waals surface area contributed by atoms with Gasteiger partial charge in [0.05, 0.1) is 11.3 Å². The highest BCUT2D eigenvalue weighted by Gasteiger charge is 2.10. The lowest BCUT2D eigenvalue weighted by atomic mass is 10.1. The lowest BCUT2D eigenvalue weighted by Crippen LogP contribution is -2.30. The molecule has 12 heavy (non-hydrogen) atoms. The number of halogens is 1. The van der Waals surface area contributed by atoms with Crippen molar-refractivity contribution in [2.75, 3.05) is 5.73 Å². The highest BCUT2D eigenvalue weighted by molar-refractivity contribution is 5.98. The number of para-hydroxylation sites is 1. The number of anilines is 1. The molecule has 0 unspecified atom stereocenters. The fraction of sp³-hybridized carbons (Fsp3) is 0. The van der Waals surface area contributed by atoms with Gasteiger partial charge < -0.3 is 5.73 Å². The van der Waals surface area contributed by atoms with Crippen molar-refractivity contribution >= 4 is 11.6 Å². The van der Waals surface area contributed by atoms with Gasteiger partial charge in [-0.2, -0.15) is 0 Å². The van der Waals surface area contributed by atoms with Gasteiger partial charge in [0.25, 0.3) is 5.91 Å². The molecule has 0 aliphatic rings. The summed E-state index contributed by atoms with van der Waals surface area (Å²) in [5.41, 5.74) is 6.98. The zero-order valence-electron chi connectivity index (χ0n) is 6.17. The van der Waals surface area contributed by atoms with Crippen molar-refractivity contribution < 1.29 is 9.18 Å². The molecule has 0 spiro atoms. The van der Waals surface area contributed by atoms with Crippen molar-refractivity contribution in [1.82, 2.24) is 5.43 Å². The van der Waals surface area contributed by atoms with E-state index < -0.39 is 11.7 Å². The number of amides is 1. The first-order valence-corrected chi connectivity index (χ1v) is 3.21. The van der Waals surface area contributed by atoms with Crippen molar-refractivity contribution in [2.24, 2.45) is 5.84 Å². The monoisotopic (exact) mass is 169 g/mol. The van der Waals surface area contributed by atoms with E-state index in [1.54, 1.807) is 0 Å². The summed E-state index contributed by atoms with van der Waals surface area (Å²) in [7, 11) is 0. The van der Waals surface area contributed by atoms with Crippen LogP contribution in [0, 0.1) is 5.82 Å². The van der Waals surface area contributed by atoms with Gasteiger partial charge in [0.1, 0.15) is 5.82 Å². The molecule has 0 heterocycles. The van der Waals surface area contributed by atoms with Gasteiger partial charge in [0.15, 0.2) is 0 Å². The van der Waals surface area contributed by atoms with Gasteiger partial charge in [-0.25, -0.2) is 10.2 Å². The molecule has 0 bridgehead atoms. The molecular formula is C7H8FN3O. The fourth-order valence-corrected chi connectivity index (χ4v) is 0.813. The second-order valence-electron chi connectivity index (χ2n) is 2.17. The van der Waals surface area contributed by atoms with Crippen molar-refractivity contribution in [1.29, 1.82) is 0 Å². The van der Waals surface area contributed by atoms with Crippen LogP contribution >= 0.6 is 0 Å². The van der Waals surface area contributed by atoms with E-state index in [9.17, 15) is 9.18 Å². The Kier molecular flexibility index (Phi) is 2.25. The SMILES string of the molecule is NNC(=O)c1cccc(F)c1N. The Morgan fingerprint density at radius 1 is 1.50 bits per heavy atom. The Bertz CT molecular complexity index is 314. The number of nitrogens with one attached hydrogen (secondary N) is 1. The van der Waals surface area contributed by atoms with E-state index in [2.05, 4.69) is 0 Å². The van der Waals surface area contributed by atoms with Crippen LogP contribution in [0.1, 0.15) is 10.4 Å². The van der Waals surface area contributed by atoms with Crippen LogP contribution in [0.4, 0.5) is 10.1 Å². The minimum Gasteiger partial charge on any atom is -0.396 e. The van der Waals surface area contributed by atoms with Gasteiger partial charge in [-0.3, -0.25) is 10.2 Å². The lowest BCUT2D eigenvalue weighted by Gasteiger charge is -2.03. The van der Waals surface area contributed by atoms with Crippen molar-refractivity contribution in [3.8, 4) is 0 Å². The predicted octanol–water partition coefficient (Wildman–Crippen LogP) is 0.0114. The summed E-state index contributed by atoms with van der Waals surface area (Å²) < 4.78 is 12.7. The average Bonchev–Trinajstić information content (AvgIpc) is 2.08. The fourth-order valence-electron chi connectivity index (χ4n) is 0.813. The van der Waals surface area contributed by atoms with Crippen LogP contribution in [0.3, 0.4) is 0 Å². The minimum atomic E-state index is -0.629. The normalized spacial score (nSPS) is 9.50. The largest absolute Gasteiger partial charge is 0.396 e. The molecule has 0 saturated heterocycles. The van der Waals surface area contributed by atoms with Gasteiger partial charge in [-0.15, -0.1) is 0 Å². The first kappa shape index (κ1) is 8.48. The number of nitrogen functional groups attached to an aromatic ring is 2. The van der Waals surface area contributed by atoms with Crippen molar-refractivity contribution in [3.63, 3.8) is 0 Å². The molecule has 0 radical (unpaired) electrons. The first-order valence-electron chi connectivity index (χ1n) is 3.21. The number of hydrogen-bond donors (Lipinski definition) is 3. The third kappa shape index (κ3) is 1.35. The molecule has 0 aliphatic carbocycles. The van der Waals surface area contributed by atoms with E-state index in [1.165, 1.54) is 18.2 Å². The number of hydrogen-bond acceptors (Lipinski definition) is 3. The van der Waals surface area contributed by atoms with Crippen LogP contribution in [0.5, 0.6) is 0 Å². The van der Waals surface area contributed by atoms with E-state index in [0.717, 1.165) is 0 Å². The molecule has 1 amide bonds. The predicted molar refractivity (Wildman–Crippen MR) is 42.5 cm³/mol. The Morgan fingerprint density at radius 2 is 2.17 bits per heavy atom. The lowest BCUT2D eigenvalue weighted by molar-refractivity contribution is 0.0954. The number of nitrogens with two attached hydrogens (primary N) is 2. The van der Waals surface area contributed by atoms with Crippen LogP contribution in [-0.2, 0) is 0 Å². The molecule has 0 fully saturated rings. The number of carbonyl (C=O) groups is 1. The molecule has 0 aromatic heterocycles. The van der Waals surface area contributed by atoms with Crippen LogP contribution in [0.2, 0.25) is 0 Å². The van der Waals surface area contributed by atoms with Crippen LogP contribution < -0.4 is 17.0 Å². The number of hydrazine groups is 1. The maximum absolute atomic E-state index is 12.7. The summed E-state index contributed by atoms with van der Waals surface area (Å²) in [6.07, 6.45) is 0. The topological polar surface area (TPSA) is 81.1 Å². The third-order valence-electron chi connectivity index (χ3n) is 1.43. The second kappa shape index (κ2) is 3.19. The molecule has 5 N–H and O–H groups in total. The third-order valence-corrected chi connectivity index (χ3v) is 1.43. The van der Waals surface area contributed by atoms with Gasteiger partial charge in [-0.1, -0.05) is 6.07 Å². The highest BCUT2D eigenvalue weighted by Crippen LogP contribution is 2.14. The summed E-state index contributed by atoms with van der Waals surface area (Å²) in [5.74, 6) is 3.61. The Morgan fingerprint density at radius 3 is 2.75 bits per heavy atom. The molecular weight excluding hydrogens is 161 g/mol. The van der Waals surface area contributed by atoms with E-state index in [1.807, 2.05) is 5.43 Å². The zero-order chi connectivity index (χ0) is 9.14. The molecule has 5 heteroatoms. The number of carbonyl (C=O) groups excluding carboxylic acids is 1. The summed E-state index contributed by atoms with van der Waals surface area (Å²) in [6.45, 7) is 0. The molecule has 1 rings (SSSR count). The first-order chi connectivity index (χ1) is 5.66. The summed E-state index contributed by atoms with van der Waals surface area (Å²) in [6, 6.07) is 3.94. The Balaban J connectivity index is 3.16. The van der Waals surface area contributed by atoms with Gasteiger partial charge >= 0.3 is 0 Å². The standard InChI is InChI=1S/C7H8FN3O/c8-5-3-1-2-4(6(5)9)7(12)11-10/h1-3H,9-10H2,(H,11,12).